The Bertz CT molecular complexity index is 371. The van der Waals surface area contributed by atoms with Gasteiger partial charge in [0.25, 0.3) is 6.01 Å². The second kappa shape index (κ2) is 6.94. The van der Waals surface area contributed by atoms with Crippen LogP contribution in [0.5, 0.6) is 0 Å². The Morgan fingerprint density at radius 2 is 2.26 bits per heavy atom. The van der Waals surface area contributed by atoms with Crippen LogP contribution in [0.2, 0.25) is 0 Å². The number of anilines is 1. The third-order valence-corrected chi connectivity index (χ3v) is 3.75. The highest BCUT2D eigenvalue weighted by Gasteiger charge is 2.22. The van der Waals surface area contributed by atoms with Crippen LogP contribution in [0.25, 0.3) is 0 Å². The van der Waals surface area contributed by atoms with E-state index in [0.29, 0.717) is 5.92 Å². The number of oxazole rings is 1. The van der Waals surface area contributed by atoms with Gasteiger partial charge in [0.1, 0.15) is 6.26 Å². The first kappa shape index (κ1) is 14.4. The van der Waals surface area contributed by atoms with Gasteiger partial charge in [0.05, 0.1) is 5.69 Å². The van der Waals surface area contributed by atoms with Crippen molar-refractivity contribution in [1.82, 2.24) is 10.3 Å². The highest BCUT2D eigenvalue weighted by atomic mass is 16.4. The summed E-state index contributed by atoms with van der Waals surface area (Å²) in [6.07, 6.45) is 5.89. The Labute approximate surface area is 116 Å². The Hall–Kier alpha value is -1.03. The first-order valence-electron chi connectivity index (χ1n) is 7.59. The number of rotatable bonds is 8. The fourth-order valence-electron chi connectivity index (χ4n) is 2.34. The highest BCUT2D eigenvalue weighted by Crippen LogP contribution is 2.28. The topological polar surface area (TPSA) is 41.3 Å². The van der Waals surface area contributed by atoms with Gasteiger partial charge >= 0.3 is 0 Å². The molecule has 0 unspecified atom stereocenters. The van der Waals surface area contributed by atoms with E-state index in [4.69, 9.17) is 4.42 Å². The molecule has 0 aromatic carbocycles. The van der Waals surface area contributed by atoms with Gasteiger partial charge < -0.3 is 14.6 Å². The molecule has 4 heteroatoms. The van der Waals surface area contributed by atoms with Crippen LogP contribution in [0.1, 0.15) is 45.7 Å². The molecular formula is C15H27N3O. The number of hydrogen-bond donors (Lipinski definition) is 1. The van der Waals surface area contributed by atoms with Crippen LogP contribution in [0, 0.1) is 11.8 Å². The minimum absolute atomic E-state index is 0.664. The van der Waals surface area contributed by atoms with Crippen molar-refractivity contribution in [3.05, 3.63) is 12.0 Å². The zero-order valence-corrected chi connectivity index (χ0v) is 12.5. The number of hydrogen-bond acceptors (Lipinski definition) is 4. The molecule has 0 saturated heterocycles. The maximum Gasteiger partial charge on any atom is 0.297 e. The first-order chi connectivity index (χ1) is 9.19. The van der Waals surface area contributed by atoms with Gasteiger partial charge in [-0.2, -0.15) is 4.98 Å². The SMILES string of the molecule is CCN(CC1CCC1)c1nc(CNCC(C)C)co1. The Balaban J connectivity index is 1.83. The summed E-state index contributed by atoms with van der Waals surface area (Å²) < 4.78 is 5.62. The number of nitrogens with one attached hydrogen (secondary N) is 1. The van der Waals surface area contributed by atoms with Crippen LogP contribution in [0.3, 0.4) is 0 Å². The van der Waals surface area contributed by atoms with E-state index in [2.05, 4.69) is 36.0 Å². The van der Waals surface area contributed by atoms with Crippen molar-refractivity contribution < 1.29 is 4.42 Å². The molecule has 1 N–H and O–H groups in total. The van der Waals surface area contributed by atoms with Gasteiger partial charge in [0.15, 0.2) is 0 Å². The molecule has 1 saturated carbocycles. The molecule has 1 aliphatic rings. The molecule has 0 spiro atoms. The van der Waals surface area contributed by atoms with E-state index < -0.39 is 0 Å². The molecule has 108 valence electrons. The van der Waals surface area contributed by atoms with E-state index >= 15 is 0 Å². The fourth-order valence-corrected chi connectivity index (χ4v) is 2.34. The van der Waals surface area contributed by atoms with Gasteiger partial charge in [0.2, 0.25) is 0 Å². The van der Waals surface area contributed by atoms with Gasteiger partial charge in [-0.1, -0.05) is 20.3 Å². The van der Waals surface area contributed by atoms with Crippen LogP contribution in [-0.4, -0.2) is 24.6 Å². The van der Waals surface area contributed by atoms with E-state index in [1.165, 1.54) is 19.3 Å². The third kappa shape index (κ3) is 4.23. The lowest BCUT2D eigenvalue weighted by Crippen LogP contribution is -2.32. The Morgan fingerprint density at radius 1 is 1.47 bits per heavy atom. The predicted octanol–water partition coefficient (Wildman–Crippen LogP) is 3.05. The van der Waals surface area contributed by atoms with Crippen LogP contribution in [0.4, 0.5) is 6.01 Å². The minimum atomic E-state index is 0.664. The van der Waals surface area contributed by atoms with E-state index in [0.717, 1.165) is 43.8 Å². The van der Waals surface area contributed by atoms with Crippen molar-refractivity contribution in [2.75, 3.05) is 24.5 Å². The van der Waals surface area contributed by atoms with E-state index in [1.54, 1.807) is 6.26 Å². The zero-order chi connectivity index (χ0) is 13.7. The van der Waals surface area contributed by atoms with Crippen LogP contribution in [-0.2, 0) is 6.54 Å². The van der Waals surface area contributed by atoms with E-state index in [1.807, 2.05) is 0 Å². The number of nitrogens with zero attached hydrogens (tertiary/aromatic N) is 2. The molecule has 0 bridgehead atoms. The lowest BCUT2D eigenvalue weighted by molar-refractivity contribution is 0.313. The summed E-state index contributed by atoms with van der Waals surface area (Å²) in [5, 5.41) is 3.39. The summed E-state index contributed by atoms with van der Waals surface area (Å²) >= 11 is 0. The summed E-state index contributed by atoms with van der Waals surface area (Å²) in [6, 6.07) is 0.788. The molecule has 2 rings (SSSR count). The van der Waals surface area contributed by atoms with Crippen molar-refractivity contribution in [3.8, 4) is 0 Å². The predicted molar refractivity (Wildman–Crippen MR) is 78.3 cm³/mol. The minimum Gasteiger partial charge on any atom is -0.432 e. The van der Waals surface area contributed by atoms with Crippen LogP contribution >= 0.6 is 0 Å². The maximum absolute atomic E-state index is 5.62. The molecular weight excluding hydrogens is 238 g/mol. The molecule has 4 nitrogen and oxygen atoms in total. The average Bonchev–Trinajstić information content (AvgIpc) is 2.76. The second-order valence-electron chi connectivity index (χ2n) is 5.98. The average molecular weight is 265 g/mol. The quantitative estimate of drug-likeness (QED) is 0.784. The van der Waals surface area contributed by atoms with Crippen LogP contribution < -0.4 is 10.2 Å². The van der Waals surface area contributed by atoms with Gasteiger partial charge in [-0.05, 0) is 38.1 Å². The second-order valence-corrected chi connectivity index (χ2v) is 5.98. The zero-order valence-electron chi connectivity index (χ0n) is 12.5. The van der Waals surface area contributed by atoms with Crippen molar-refractivity contribution in [2.45, 2.75) is 46.6 Å². The molecule has 1 aromatic heterocycles. The number of aromatic nitrogens is 1. The molecule has 1 aromatic rings. The molecule has 1 aliphatic carbocycles. The van der Waals surface area contributed by atoms with E-state index in [-0.39, 0.29) is 0 Å². The molecule has 19 heavy (non-hydrogen) atoms. The fraction of sp³-hybridized carbons (Fsp3) is 0.800. The van der Waals surface area contributed by atoms with Gasteiger partial charge in [-0.15, -0.1) is 0 Å². The maximum atomic E-state index is 5.62. The molecule has 0 radical (unpaired) electrons. The summed E-state index contributed by atoms with van der Waals surface area (Å²) in [5.41, 5.74) is 1.00. The lowest BCUT2D eigenvalue weighted by atomic mass is 9.85. The van der Waals surface area contributed by atoms with Crippen LogP contribution in [0.15, 0.2) is 10.7 Å². The van der Waals surface area contributed by atoms with Crippen molar-refractivity contribution >= 4 is 6.01 Å². The molecule has 0 atom stereocenters. The Kier molecular flexibility index (Phi) is 5.25. The smallest absolute Gasteiger partial charge is 0.297 e. The normalized spacial score (nSPS) is 15.8. The summed E-state index contributed by atoms with van der Waals surface area (Å²) in [7, 11) is 0. The highest BCUT2D eigenvalue weighted by molar-refractivity contribution is 5.27. The standard InChI is InChI=1S/C15H27N3O/c1-4-18(10-13-6-5-7-13)15-17-14(11-19-15)9-16-8-12(2)3/h11-13,16H,4-10H2,1-3H3. The molecule has 0 amide bonds. The van der Waals surface area contributed by atoms with Gasteiger partial charge in [0, 0.05) is 19.6 Å². The monoisotopic (exact) mass is 265 g/mol. The summed E-state index contributed by atoms with van der Waals surface area (Å²) in [4.78, 5) is 6.85. The molecule has 0 aliphatic heterocycles. The largest absolute Gasteiger partial charge is 0.432 e. The van der Waals surface area contributed by atoms with Gasteiger partial charge in [-0.3, -0.25) is 0 Å². The summed E-state index contributed by atoms with van der Waals surface area (Å²) in [6.45, 7) is 10.5. The molecule has 1 fully saturated rings. The van der Waals surface area contributed by atoms with E-state index in [9.17, 15) is 0 Å². The van der Waals surface area contributed by atoms with Crippen molar-refractivity contribution in [3.63, 3.8) is 0 Å². The van der Waals surface area contributed by atoms with Crippen molar-refractivity contribution in [1.29, 1.82) is 0 Å². The lowest BCUT2D eigenvalue weighted by Gasteiger charge is -2.30. The van der Waals surface area contributed by atoms with Gasteiger partial charge in [-0.25, -0.2) is 0 Å². The Morgan fingerprint density at radius 3 is 2.84 bits per heavy atom. The third-order valence-electron chi connectivity index (χ3n) is 3.75. The summed E-state index contributed by atoms with van der Waals surface area (Å²) in [5.74, 6) is 1.51. The first-order valence-corrected chi connectivity index (χ1v) is 7.59. The molecule has 1 heterocycles. The van der Waals surface area contributed by atoms with Crippen molar-refractivity contribution in [2.24, 2.45) is 11.8 Å².